The summed E-state index contributed by atoms with van der Waals surface area (Å²) >= 11 is 0. The van der Waals surface area contributed by atoms with E-state index in [0.29, 0.717) is 0 Å². The van der Waals surface area contributed by atoms with Gasteiger partial charge in [-0.2, -0.15) is 0 Å². The zero-order valence-corrected chi connectivity index (χ0v) is 13.6. The fraction of sp³-hybridized carbons (Fsp3) is 0.412. The van der Waals surface area contributed by atoms with Gasteiger partial charge in [-0.05, 0) is 24.3 Å². The lowest BCUT2D eigenvalue weighted by atomic mass is 10.1. The fourth-order valence-electron chi connectivity index (χ4n) is 2.85. The van der Waals surface area contributed by atoms with Gasteiger partial charge in [-0.25, -0.2) is 9.97 Å². The Kier molecular flexibility index (Phi) is 4.92. The number of hydrogen-bond acceptors (Lipinski definition) is 6. The highest BCUT2D eigenvalue weighted by molar-refractivity contribution is 5.41. The summed E-state index contributed by atoms with van der Waals surface area (Å²) in [6.07, 6.45) is 3.39. The summed E-state index contributed by atoms with van der Waals surface area (Å²) < 4.78 is 10.8. The Balaban J connectivity index is 1.63. The van der Waals surface area contributed by atoms with Crippen LogP contribution in [-0.2, 0) is 6.54 Å². The molecule has 1 fully saturated rings. The molecule has 1 saturated heterocycles. The molecule has 0 aliphatic carbocycles. The molecule has 0 unspecified atom stereocenters. The number of nitrogens with zero attached hydrogens (tertiary/aromatic N) is 4. The van der Waals surface area contributed by atoms with Crippen LogP contribution in [0.15, 0.2) is 36.8 Å². The molecule has 23 heavy (non-hydrogen) atoms. The van der Waals surface area contributed by atoms with Crippen LogP contribution in [0.4, 0.5) is 5.82 Å². The van der Waals surface area contributed by atoms with E-state index in [1.165, 1.54) is 0 Å². The average Bonchev–Trinajstić information content (AvgIpc) is 2.63. The van der Waals surface area contributed by atoms with Gasteiger partial charge >= 0.3 is 0 Å². The van der Waals surface area contributed by atoms with Gasteiger partial charge in [-0.1, -0.05) is 0 Å². The maximum absolute atomic E-state index is 5.47. The van der Waals surface area contributed by atoms with E-state index in [9.17, 15) is 0 Å². The van der Waals surface area contributed by atoms with Gasteiger partial charge in [-0.3, -0.25) is 4.90 Å². The molecule has 1 aliphatic rings. The molecule has 6 heteroatoms. The summed E-state index contributed by atoms with van der Waals surface area (Å²) in [5.74, 6) is 2.77. The minimum Gasteiger partial charge on any atom is -0.497 e. The molecule has 1 aliphatic heterocycles. The first kappa shape index (κ1) is 15.6. The highest BCUT2D eigenvalue weighted by Gasteiger charge is 2.19. The molecule has 0 N–H and O–H groups in total. The summed E-state index contributed by atoms with van der Waals surface area (Å²) in [6, 6.07) is 7.90. The molecule has 0 saturated carbocycles. The molecule has 3 rings (SSSR count). The second kappa shape index (κ2) is 7.28. The van der Waals surface area contributed by atoms with E-state index in [2.05, 4.69) is 25.8 Å². The quantitative estimate of drug-likeness (QED) is 0.839. The third-order valence-electron chi connectivity index (χ3n) is 4.14. The van der Waals surface area contributed by atoms with Crippen molar-refractivity contribution in [3.63, 3.8) is 0 Å². The van der Waals surface area contributed by atoms with Crippen LogP contribution in [0.25, 0.3) is 0 Å². The SMILES string of the molecule is COc1ccc(OC)c(CN2CCN(c3ccncn3)CC2)c1. The van der Waals surface area contributed by atoms with Crippen molar-refractivity contribution in [1.29, 1.82) is 0 Å². The van der Waals surface area contributed by atoms with E-state index >= 15 is 0 Å². The first-order valence-corrected chi connectivity index (χ1v) is 7.74. The molecule has 122 valence electrons. The minimum absolute atomic E-state index is 0.859. The topological polar surface area (TPSA) is 50.7 Å². The van der Waals surface area contributed by atoms with E-state index in [1.54, 1.807) is 26.7 Å². The third-order valence-corrected chi connectivity index (χ3v) is 4.14. The lowest BCUT2D eigenvalue weighted by Crippen LogP contribution is -2.46. The van der Waals surface area contributed by atoms with E-state index in [0.717, 1.165) is 55.6 Å². The average molecular weight is 314 g/mol. The molecule has 2 aromatic rings. The van der Waals surface area contributed by atoms with Gasteiger partial charge in [0.05, 0.1) is 14.2 Å². The van der Waals surface area contributed by atoms with Crippen molar-refractivity contribution < 1.29 is 9.47 Å². The Bertz CT molecular complexity index is 628. The van der Waals surface area contributed by atoms with E-state index in [4.69, 9.17) is 9.47 Å². The number of piperazine rings is 1. The molecular formula is C17H22N4O2. The van der Waals surface area contributed by atoms with Gasteiger partial charge in [0.2, 0.25) is 0 Å². The highest BCUT2D eigenvalue weighted by Crippen LogP contribution is 2.26. The number of methoxy groups -OCH3 is 2. The summed E-state index contributed by atoms with van der Waals surface area (Å²) in [4.78, 5) is 13.0. The van der Waals surface area contributed by atoms with Gasteiger partial charge < -0.3 is 14.4 Å². The van der Waals surface area contributed by atoms with Gasteiger partial charge in [0.1, 0.15) is 23.6 Å². The molecule has 0 radical (unpaired) electrons. The Hall–Kier alpha value is -2.34. The van der Waals surface area contributed by atoms with Crippen molar-refractivity contribution in [2.75, 3.05) is 45.3 Å². The molecular weight excluding hydrogens is 292 g/mol. The maximum atomic E-state index is 5.47. The van der Waals surface area contributed by atoms with E-state index in [-0.39, 0.29) is 0 Å². The second-order valence-corrected chi connectivity index (χ2v) is 5.51. The zero-order valence-electron chi connectivity index (χ0n) is 13.6. The van der Waals surface area contributed by atoms with Crippen LogP contribution in [0, 0.1) is 0 Å². The molecule has 0 bridgehead atoms. The van der Waals surface area contributed by atoms with Crippen molar-refractivity contribution in [1.82, 2.24) is 14.9 Å². The summed E-state index contributed by atoms with van der Waals surface area (Å²) in [5, 5.41) is 0. The molecule has 0 spiro atoms. The number of hydrogen-bond donors (Lipinski definition) is 0. The van der Waals surface area contributed by atoms with Crippen LogP contribution in [0.3, 0.4) is 0 Å². The molecule has 1 aromatic carbocycles. The van der Waals surface area contributed by atoms with Crippen LogP contribution < -0.4 is 14.4 Å². The highest BCUT2D eigenvalue weighted by atomic mass is 16.5. The third kappa shape index (κ3) is 3.71. The van der Waals surface area contributed by atoms with E-state index in [1.807, 2.05) is 18.2 Å². The largest absolute Gasteiger partial charge is 0.497 e. The number of rotatable bonds is 5. The van der Waals surface area contributed by atoms with E-state index < -0.39 is 0 Å². The Morgan fingerprint density at radius 1 is 1.04 bits per heavy atom. The summed E-state index contributed by atoms with van der Waals surface area (Å²) in [7, 11) is 3.39. The first-order valence-electron chi connectivity index (χ1n) is 7.74. The normalized spacial score (nSPS) is 15.5. The van der Waals surface area contributed by atoms with Crippen LogP contribution in [0.2, 0.25) is 0 Å². The molecule has 2 heterocycles. The minimum atomic E-state index is 0.859. The van der Waals surface area contributed by atoms with Crippen LogP contribution in [0.5, 0.6) is 11.5 Å². The molecule has 1 aromatic heterocycles. The molecule has 6 nitrogen and oxygen atoms in total. The first-order chi connectivity index (χ1) is 11.3. The van der Waals surface area contributed by atoms with Crippen LogP contribution >= 0.6 is 0 Å². The van der Waals surface area contributed by atoms with Gasteiger partial charge in [-0.15, -0.1) is 0 Å². The second-order valence-electron chi connectivity index (χ2n) is 5.51. The number of benzene rings is 1. The fourth-order valence-corrected chi connectivity index (χ4v) is 2.85. The molecule has 0 amide bonds. The van der Waals surface area contributed by atoms with Crippen LogP contribution in [0.1, 0.15) is 5.56 Å². The summed E-state index contributed by atoms with van der Waals surface area (Å²) in [5.41, 5.74) is 1.15. The summed E-state index contributed by atoms with van der Waals surface area (Å²) in [6.45, 7) is 4.76. The van der Waals surface area contributed by atoms with Crippen molar-refractivity contribution >= 4 is 5.82 Å². The van der Waals surface area contributed by atoms with Crippen molar-refractivity contribution in [2.24, 2.45) is 0 Å². The zero-order chi connectivity index (χ0) is 16.1. The van der Waals surface area contributed by atoms with Gasteiger partial charge in [0.15, 0.2) is 0 Å². The number of anilines is 1. The lowest BCUT2D eigenvalue weighted by molar-refractivity contribution is 0.245. The van der Waals surface area contributed by atoms with Crippen molar-refractivity contribution in [3.8, 4) is 11.5 Å². The smallest absolute Gasteiger partial charge is 0.131 e. The predicted molar refractivity (Wildman–Crippen MR) is 89.1 cm³/mol. The Labute approximate surface area is 136 Å². The van der Waals surface area contributed by atoms with Crippen LogP contribution in [-0.4, -0.2) is 55.3 Å². The number of aromatic nitrogens is 2. The Morgan fingerprint density at radius 2 is 1.87 bits per heavy atom. The lowest BCUT2D eigenvalue weighted by Gasteiger charge is -2.35. The Morgan fingerprint density at radius 3 is 2.52 bits per heavy atom. The maximum Gasteiger partial charge on any atom is 0.131 e. The van der Waals surface area contributed by atoms with Crippen molar-refractivity contribution in [2.45, 2.75) is 6.54 Å². The van der Waals surface area contributed by atoms with Gasteiger partial charge in [0, 0.05) is 44.5 Å². The molecule has 0 atom stereocenters. The monoisotopic (exact) mass is 314 g/mol. The number of ether oxygens (including phenoxy) is 2. The van der Waals surface area contributed by atoms with Crippen molar-refractivity contribution in [3.05, 3.63) is 42.4 Å². The standard InChI is InChI=1S/C17H22N4O2/c1-22-15-3-4-16(23-2)14(11-15)12-20-7-9-21(10-8-20)17-5-6-18-13-19-17/h3-6,11,13H,7-10,12H2,1-2H3. The van der Waals surface area contributed by atoms with Gasteiger partial charge in [0.25, 0.3) is 0 Å². The predicted octanol–water partition coefficient (Wildman–Crippen LogP) is 1.82.